The van der Waals surface area contributed by atoms with Gasteiger partial charge in [0.15, 0.2) is 9.84 Å². The highest BCUT2D eigenvalue weighted by Crippen LogP contribution is 2.29. The van der Waals surface area contributed by atoms with E-state index in [2.05, 4.69) is 10.6 Å². The number of hydrogen-bond donors (Lipinski definition) is 2. The molecule has 3 rings (SSSR count). The van der Waals surface area contributed by atoms with E-state index >= 15 is 0 Å². The average molecular weight is 424 g/mol. The first-order chi connectivity index (χ1) is 13.9. The summed E-state index contributed by atoms with van der Waals surface area (Å²) in [5.41, 5.74) is 0. The van der Waals surface area contributed by atoms with Gasteiger partial charge in [-0.2, -0.15) is 0 Å². The summed E-state index contributed by atoms with van der Waals surface area (Å²) < 4.78 is 49.7. The number of nitrogens with one attached hydrogen (secondary N) is 2. The maximum atomic E-state index is 13.2. The highest BCUT2D eigenvalue weighted by Gasteiger charge is 2.32. The number of furan rings is 1. The molecular formula is C19H21FN2O6S. The van der Waals surface area contributed by atoms with Crippen LogP contribution in [-0.4, -0.2) is 46.0 Å². The molecule has 29 heavy (non-hydrogen) atoms. The van der Waals surface area contributed by atoms with Crippen molar-refractivity contribution in [1.29, 1.82) is 0 Å². The van der Waals surface area contributed by atoms with Crippen molar-refractivity contribution in [2.45, 2.75) is 29.1 Å². The summed E-state index contributed by atoms with van der Waals surface area (Å²) in [5, 5.41) is 3.52. The Kier molecular flexibility index (Phi) is 6.65. The molecule has 2 amide bonds. The summed E-state index contributed by atoms with van der Waals surface area (Å²) in [6, 6.07) is 7.30. The second kappa shape index (κ2) is 9.19. The van der Waals surface area contributed by atoms with Gasteiger partial charge in [-0.05, 0) is 49.2 Å². The summed E-state index contributed by atoms with van der Waals surface area (Å²) in [6.07, 6.45) is 2.89. The van der Waals surface area contributed by atoms with E-state index in [1.165, 1.54) is 18.4 Å². The van der Waals surface area contributed by atoms with Crippen LogP contribution in [0.4, 0.5) is 4.39 Å². The fourth-order valence-electron chi connectivity index (χ4n) is 2.98. The zero-order valence-corrected chi connectivity index (χ0v) is 16.3. The van der Waals surface area contributed by atoms with E-state index < -0.39 is 32.7 Å². The van der Waals surface area contributed by atoms with Gasteiger partial charge in [0.2, 0.25) is 0 Å². The maximum Gasteiger partial charge on any atom is 0.309 e. The Morgan fingerprint density at radius 2 is 1.86 bits per heavy atom. The third kappa shape index (κ3) is 5.21. The van der Waals surface area contributed by atoms with Crippen LogP contribution in [0, 0.1) is 5.82 Å². The number of hydrogen-bond acceptors (Lipinski definition) is 6. The summed E-state index contributed by atoms with van der Waals surface area (Å²) >= 11 is 0. The van der Waals surface area contributed by atoms with Crippen LogP contribution >= 0.6 is 0 Å². The molecule has 1 fully saturated rings. The Balaban J connectivity index is 1.67. The molecule has 0 spiro atoms. The smallest absolute Gasteiger partial charge is 0.309 e. The van der Waals surface area contributed by atoms with Crippen LogP contribution in [0.2, 0.25) is 0 Å². The quantitative estimate of drug-likeness (QED) is 0.512. The van der Waals surface area contributed by atoms with Crippen LogP contribution in [0.5, 0.6) is 0 Å². The molecule has 1 aliphatic heterocycles. The summed E-state index contributed by atoms with van der Waals surface area (Å²) in [4.78, 5) is 23.9. The zero-order chi connectivity index (χ0) is 20.9. The van der Waals surface area contributed by atoms with Crippen molar-refractivity contribution >= 4 is 21.7 Å². The monoisotopic (exact) mass is 424 g/mol. The lowest BCUT2D eigenvalue weighted by Crippen LogP contribution is -2.44. The highest BCUT2D eigenvalue weighted by molar-refractivity contribution is 7.91. The standard InChI is InChI=1S/C19H21FN2O6S/c20-13-5-7-15(8-6-13)29(25,26)17(16-4-2-10-28-16)12-22-19(24)18(23)21-11-14-3-1-9-27-14/h2,4-8,10,14,17H,1,3,9,11-12H2,(H,21,23)(H,22,24)/t14-,17-/m0/s1. The van der Waals surface area contributed by atoms with Gasteiger partial charge in [-0.15, -0.1) is 0 Å². The molecule has 156 valence electrons. The highest BCUT2D eigenvalue weighted by atomic mass is 32.2. The fourth-order valence-corrected chi connectivity index (χ4v) is 4.57. The molecule has 1 aliphatic rings. The molecule has 2 heterocycles. The van der Waals surface area contributed by atoms with Crippen molar-refractivity contribution in [3.05, 3.63) is 54.2 Å². The molecule has 0 saturated carbocycles. The molecule has 8 nitrogen and oxygen atoms in total. The molecule has 0 radical (unpaired) electrons. The summed E-state index contributed by atoms with van der Waals surface area (Å²) in [6.45, 7) is 0.444. The summed E-state index contributed by atoms with van der Waals surface area (Å²) in [7, 11) is -4.01. The van der Waals surface area contributed by atoms with Crippen LogP contribution in [0.25, 0.3) is 0 Å². The van der Waals surface area contributed by atoms with E-state index in [9.17, 15) is 22.4 Å². The number of amides is 2. The van der Waals surface area contributed by atoms with E-state index in [0.29, 0.717) is 6.61 Å². The number of benzene rings is 1. The first kappa shape index (κ1) is 21.0. The molecule has 2 aromatic rings. The van der Waals surface area contributed by atoms with Crippen LogP contribution in [0.15, 0.2) is 52.0 Å². The van der Waals surface area contributed by atoms with Crippen LogP contribution < -0.4 is 10.6 Å². The van der Waals surface area contributed by atoms with Crippen LogP contribution in [-0.2, 0) is 24.2 Å². The van der Waals surface area contributed by atoms with E-state index in [-0.39, 0.29) is 29.8 Å². The maximum absolute atomic E-state index is 13.2. The molecule has 10 heteroatoms. The molecule has 2 N–H and O–H groups in total. The van der Waals surface area contributed by atoms with Crippen LogP contribution in [0.3, 0.4) is 0 Å². The van der Waals surface area contributed by atoms with Crippen molar-refractivity contribution in [1.82, 2.24) is 10.6 Å². The van der Waals surface area contributed by atoms with Gasteiger partial charge in [0.25, 0.3) is 0 Å². The molecule has 2 atom stereocenters. The molecule has 0 bridgehead atoms. The third-order valence-electron chi connectivity index (χ3n) is 4.55. The van der Waals surface area contributed by atoms with Gasteiger partial charge in [0, 0.05) is 19.7 Å². The van der Waals surface area contributed by atoms with E-state index in [4.69, 9.17) is 9.15 Å². The number of ether oxygens (including phenoxy) is 1. The van der Waals surface area contributed by atoms with Gasteiger partial charge >= 0.3 is 11.8 Å². The molecular weight excluding hydrogens is 403 g/mol. The Hall–Kier alpha value is -2.72. The van der Waals surface area contributed by atoms with E-state index in [1.807, 2.05) is 0 Å². The largest absolute Gasteiger partial charge is 0.468 e. The minimum atomic E-state index is -4.01. The Morgan fingerprint density at radius 1 is 1.14 bits per heavy atom. The second-order valence-electron chi connectivity index (χ2n) is 6.56. The first-order valence-electron chi connectivity index (χ1n) is 9.08. The van der Waals surface area contributed by atoms with Gasteiger partial charge in [-0.1, -0.05) is 0 Å². The third-order valence-corrected chi connectivity index (χ3v) is 6.62. The van der Waals surface area contributed by atoms with Crippen molar-refractivity contribution in [3.63, 3.8) is 0 Å². The molecule has 0 aliphatic carbocycles. The van der Waals surface area contributed by atoms with Crippen molar-refractivity contribution < 1.29 is 31.6 Å². The van der Waals surface area contributed by atoms with E-state index in [0.717, 1.165) is 37.1 Å². The lowest BCUT2D eigenvalue weighted by Gasteiger charge is -2.17. The van der Waals surface area contributed by atoms with Gasteiger partial charge < -0.3 is 19.8 Å². The van der Waals surface area contributed by atoms with Gasteiger partial charge in [0.1, 0.15) is 16.8 Å². The number of halogens is 1. The van der Waals surface area contributed by atoms with Crippen molar-refractivity contribution in [3.8, 4) is 0 Å². The normalized spacial score (nSPS) is 17.6. The zero-order valence-electron chi connectivity index (χ0n) is 15.5. The first-order valence-corrected chi connectivity index (χ1v) is 10.6. The minimum Gasteiger partial charge on any atom is -0.468 e. The van der Waals surface area contributed by atoms with Crippen LogP contribution in [0.1, 0.15) is 23.9 Å². The van der Waals surface area contributed by atoms with Gasteiger partial charge in [0.05, 0.1) is 17.3 Å². The van der Waals surface area contributed by atoms with Crippen molar-refractivity contribution in [2.75, 3.05) is 19.7 Å². The SMILES string of the molecule is O=C(NC[C@@H]1CCCO1)C(=O)NC[C@@H](c1ccco1)S(=O)(=O)c1ccc(F)cc1. The Bertz CT molecular complexity index is 938. The van der Waals surface area contributed by atoms with E-state index in [1.54, 1.807) is 0 Å². The number of carbonyl (C=O) groups is 2. The fraction of sp³-hybridized carbons (Fsp3) is 0.368. The predicted octanol–water partition coefficient (Wildman–Crippen LogP) is 1.35. The topological polar surface area (TPSA) is 115 Å². The lowest BCUT2D eigenvalue weighted by molar-refractivity contribution is -0.139. The number of carbonyl (C=O) groups excluding carboxylic acids is 2. The number of rotatable bonds is 7. The number of sulfone groups is 1. The molecule has 0 unspecified atom stereocenters. The Morgan fingerprint density at radius 3 is 2.48 bits per heavy atom. The van der Waals surface area contributed by atoms with Gasteiger partial charge in [-0.3, -0.25) is 9.59 Å². The average Bonchev–Trinajstić information content (AvgIpc) is 3.40. The minimum absolute atomic E-state index is 0.0920. The Labute approximate surface area is 167 Å². The molecule has 1 aromatic heterocycles. The summed E-state index contributed by atoms with van der Waals surface area (Å²) in [5.74, 6) is -2.32. The molecule has 1 saturated heterocycles. The second-order valence-corrected chi connectivity index (χ2v) is 8.69. The van der Waals surface area contributed by atoms with Crippen molar-refractivity contribution in [2.24, 2.45) is 0 Å². The lowest BCUT2D eigenvalue weighted by atomic mass is 10.2. The predicted molar refractivity (Wildman–Crippen MR) is 100 cm³/mol. The molecule has 1 aromatic carbocycles. The van der Waals surface area contributed by atoms with Gasteiger partial charge in [-0.25, -0.2) is 12.8 Å².